The number of urea groups is 1. The van der Waals surface area contributed by atoms with Crippen LogP contribution in [0.2, 0.25) is 0 Å². The molecule has 0 heterocycles. The second kappa shape index (κ2) is 8.77. The highest BCUT2D eigenvalue weighted by atomic mass is 16.5. The Bertz CT molecular complexity index is 153. The molecule has 0 aromatic rings. The number of nitrogens with one attached hydrogen (secondary N) is 1. The Morgan fingerprint density at radius 2 is 2.21 bits per heavy atom. The van der Waals surface area contributed by atoms with Crippen LogP contribution in [0.3, 0.4) is 0 Å². The van der Waals surface area contributed by atoms with E-state index in [-0.39, 0.29) is 12.6 Å². The van der Waals surface area contributed by atoms with Gasteiger partial charge in [-0.3, -0.25) is 0 Å². The Morgan fingerprint density at radius 3 is 2.79 bits per heavy atom. The van der Waals surface area contributed by atoms with Gasteiger partial charge in [-0.15, -0.1) is 0 Å². The minimum atomic E-state index is -0.0605. The predicted molar refractivity (Wildman–Crippen MR) is 54.2 cm³/mol. The van der Waals surface area contributed by atoms with Crippen LogP contribution in [0, 0.1) is 0 Å². The number of carbonyl (C=O) groups is 1. The Morgan fingerprint density at radius 1 is 1.50 bits per heavy atom. The Kier molecular flexibility index (Phi) is 8.27. The minimum absolute atomic E-state index is 0.0466. The van der Waals surface area contributed by atoms with Crippen molar-refractivity contribution in [2.24, 2.45) is 0 Å². The Hall–Kier alpha value is -0.810. The first-order valence-electron chi connectivity index (χ1n) is 4.90. The van der Waals surface area contributed by atoms with Crippen LogP contribution in [-0.4, -0.2) is 56.0 Å². The molecule has 0 spiro atoms. The van der Waals surface area contributed by atoms with Crippen LogP contribution in [0.4, 0.5) is 4.79 Å². The van der Waals surface area contributed by atoms with Gasteiger partial charge in [0, 0.05) is 26.7 Å². The molecule has 0 radical (unpaired) electrons. The molecule has 84 valence electrons. The lowest BCUT2D eigenvalue weighted by molar-refractivity contribution is 0.0908. The van der Waals surface area contributed by atoms with Gasteiger partial charge in [-0.1, -0.05) is 0 Å². The van der Waals surface area contributed by atoms with Gasteiger partial charge in [-0.2, -0.15) is 0 Å². The van der Waals surface area contributed by atoms with E-state index in [0.29, 0.717) is 26.3 Å². The second-order valence-electron chi connectivity index (χ2n) is 2.94. The maximum Gasteiger partial charge on any atom is 0.317 e. The van der Waals surface area contributed by atoms with Gasteiger partial charge in [-0.25, -0.2) is 4.79 Å². The van der Waals surface area contributed by atoms with Gasteiger partial charge in [0.05, 0.1) is 13.2 Å². The first kappa shape index (κ1) is 13.2. The van der Waals surface area contributed by atoms with Crippen molar-refractivity contribution in [1.29, 1.82) is 0 Å². The number of aliphatic hydroxyl groups is 1. The topological polar surface area (TPSA) is 61.8 Å². The molecule has 0 rings (SSSR count). The smallest absolute Gasteiger partial charge is 0.317 e. The third-order valence-corrected chi connectivity index (χ3v) is 1.80. The van der Waals surface area contributed by atoms with Gasteiger partial charge in [0.15, 0.2) is 0 Å². The maximum atomic E-state index is 11.2. The third kappa shape index (κ3) is 6.68. The summed E-state index contributed by atoms with van der Waals surface area (Å²) in [5.74, 6) is 0. The average Bonchev–Trinajstić information content (AvgIpc) is 2.21. The van der Waals surface area contributed by atoms with Crippen molar-refractivity contribution in [3.05, 3.63) is 0 Å². The number of hydrogen-bond acceptors (Lipinski definition) is 3. The van der Waals surface area contributed by atoms with Gasteiger partial charge >= 0.3 is 6.03 Å². The molecule has 0 aliphatic heterocycles. The third-order valence-electron chi connectivity index (χ3n) is 1.80. The zero-order valence-corrected chi connectivity index (χ0v) is 8.95. The summed E-state index contributed by atoms with van der Waals surface area (Å²) in [6.45, 7) is 4.20. The highest BCUT2D eigenvalue weighted by Crippen LogP contribution is 1.84. The van der Waals surface area contributed by atoms with Crippen LogP contribution >= 0.6 is 0 Å². The molecule has 0 aromatic heterocycles. The van der Waals surface area contributed by atoms with Crippen LogP contribution < -0.4 is 5.32 Å². The predicted octanol–water partition coefficient (Wildman–Crippen LogP) is 0.0467. The molecule has 14 heavy (non-hydrogen) atoms. The van der Waals surface area contributed by atoms with E-state index in [2.05, 4.69) is 5.32 Å². The lowest BCUT2D eigenvalue weighted by Gasteiger charge is -2.15. The zero-order chi connectivity index (χ0) is 10.8. The highest BCUT2D eigenvalue weighted by molar-refractivity contribution is 5.73. The van der Waals surface area contributed by atoms with Gasteiger partial charge in [-0.05, 0) is 13.3 Å². The molecule has 5 nitrogen and oxygen atoms in total. The Labute approximate surface area is 85.0 Å². The molecule has 5 heteroatoms. The van der Waals surface area contributed by atoms with Gasteiger partial charge in [0.25, 0.3) is 0 Å². The molecular weight excluding hydrogens is 184 g/mol. The number of rotatable bonds is 7. The first-order valence-corrected chi connectivity index (χ1v) is 4.90. The van der Waals surface area contributed by atoms with E-state index in [4.69, 9.17) is 9.84 Å². The normalized spacial score (nSPS) is 9.93. The number of ether oxygens (including phenoxy) is 1. The summed E-state index contributed by atoms with van der Waals surface area (Å²) in [7, 11) is 1.75. The molecule has 0 aromatic carbocycles. The van der Waals surface area contributed by atoms with Crippen LogP contribution in [0.1, 0.15) is 13.3 Å². The summed E-state index contributed by atoms with van der Waals surface area (Å²) in [6, 6.07) is -0.0605. The number of hydrogen-bond donors (Lipinski definition) is 2. The highest BCUT2D eigenvalue weighted by Gasteiger charge is 2.03. The minimum Gasteiger partial charge on any atom is -0.394 e. The van der Waals surface area contributed by atoms with Crippen molar-refractivity contribution in [3.63, 3.8) is 0 Å². The summed E-state index contributed by atoms with van der Waals surface area (Å²) in [5.41, 5.74) is 0. The molecule has 2 N–H and O–H groups in total. The van der Waals surface area contributed by atoms with Gasteiger partial charge in [0.1, 0.15) is 0 Å². The molecular formula is C9H20N2O3. The largest absolute Gasteiger partial charge is 0.394 e. The molecule has 0 saturated carbocycles. The molecule has 0 saturated heterocycles. The van der Waals surface area contributed by atoms with E-state index in [1.54, 1.807) is 11.9 Å². The summed E-state index contributed by atoms with van der Waals surface area (Å²) in [5, 5.41) is 11.2. The number of nitrogens with zero attached hydrogens (tertiary/aromatic N) is 1. The summed E-state index contributed by atoms with van der Waals surface area (Å²) >= 11 is 0. The van der Waals surface area contributed by atoms with Crippen molar-refractivity contribution in [2.75, 3.05) is 40.0 Å². The Balaban J connectivity index is 3.23. The fourth-order valence-corrected chi connectivity index (χ4v) is 0.815. The van der Waals surface area contributed by atoms with Crippen molar-refractivity contribution in [3.8, 4) is 0 Å². The van der Waals surface area contributed by atoms with Crippen LogP contribution in [0.5, 0.6) is 0 Å². The SMILES string of the molecule is CCN(C)C(=O)NCCCOCCO. The monoisotopic (exact) mass is 204 g/mol. The summed E-state index contributed by atoms with van der Waals surface area (Å²) in [6.07, 6.45) is 0.767. The summed E-state index contributed by atoms with van der Waals surface area (Å²) < 4.78 is 5.04. The number of carbonyl (C=O) groups excluding carboxylic acids is 1. The van der Waals surface area contributed by atoms with E-state index < -0.39 is 0 Å². The fraction of sp³-hybridized carbons (Fsp3) is 0.889. The van der Waals surface area contributed by atoms with E-state index in [1.165, 1.54) is 0 Å². The zero-order valence-electron chi connectivity index (χ0n) is 8.95. The molecule has 0 fully saturated rings. The van der Waals surface area contributed by atoms with E-state index in [0.717, 1.165) is 6.42 Å². The second-order valence-corrected chi connectivity index (χ2v) is 2.94. The first-order chi connectivity index (χ1) is 6.72. The van der Waals surface area contributed by atoms with Crippen LogP contribution in [-0.2, 0) is 4.74 Å². The van der Waals surface area contributed by atoms with E-state index >= 15 is 0 Å². The molecule has 0 unspecified atom stereocenters. The van der Waals surface area contributed by atoms with Crippen molar-refractivity contribution >= 4 is 6.03 Å². The summed E-state index contributed by atoms with van der Waals surface area (Å²) in [4.78, 5) is 12.8. The van der Waals surface area contributed by atoms with Crippen molar-refractivity contribution < 1.29 is 14.6 Å². The molecule has 0 aliphatic rings. The van der Waals surface area contributed by atoms with Crippen molar-refractivity contribution in [1.82, 2.24) is 10.2 Å². The standard InChI is InChI=1S/C9H20N2O3/c1-3-11(2)9(13)10-5-4-7-14-8-6-12/h12H,3-8H2,1-2H3,(H,10,13). The number of aliphatic hydroxyl groups excluding tert-OH is 1. The lowest BCUT2D eigenvalue weighted by Crippen LogP contribution is -2.37. The fourth-order valence-electron chi connectivity index (χ4n) is 0.815. The molecule has 0 aliphatic carbocycles. The van der Waals surface area contributed by atoms with Crippen molar-refractivity contribution in [2.45, 2.75) is 13.3 Å². The van der Waals surface area contributed by atoms with Crippen LogP contribution in [0.25, 0.3) is 0 Å². The maximum absolute atomic E-state index is 11.2. The lowest BCUT2D eigenvalue weighted by atomic mass is 10.4. The van der Waals surface area contributed by atoms with Gasteiger partial charge < -0.3 is 20.1 Å². The van der Waals surface area contributed by atoms with E-state index in [9.17, 15) is 4.79 Å². The quantitative estimate of drug-likeness (QED) is 0.576. The van der Waals surface area contributed by atoms with Gasteiger partial charge in [0.2, 0.25) is 0 Å². The van der Waals surface area contributed by atoms with Crippen LogP contribution in [0.15, 0.2) is 0 Å². The number of amides is 2. The molecule has 0 atom stereocenters. The molecule has 2 amide bonds. The average molecular weight is 204 g/mol. The molecule has 0 bridgehead atoms. The van der Waals surface area contributed by atoms with E-state index in [1.807, 2.05) is 6.92 Å².